The molecule has 1 aromatic carbocycles. The maximum absolute atomic E-state index is 13.4. The van der Waals surface area contributed by atoms with E-state index in [1.54, 1.807) is 7.11 Å². The van der Waals surface area contributed by atoms with Crippen LogP contribution in [0.4, 0.5) is 5.69 Å². The minimum atomic E-state index is -0.250. The van der Waals surface area contributed by atoms with Crippen molar-refractivity contribution in [2.75, 3.05) is 18.6 Å². The number of ether oxygens (including phenoxy) is 1. The van der Waals surface area contributed by atoms with Gasteiger partial charge in [0.05, 0.1) is 7.11 Å². The molecule has 1 aliphatic heterocycles. The number of fused-ring (bicyclic) bond motifs is 2. The quantitative estimate of drug-likeness (QED) is 0.419. The number of aromatic nitrogens is 1. The largest absolute Gasteiger partial charge is 0.483 e. The fraction of sp³-hybridized carbons (Fsp3) is 0.483. The number of rotatable bonds is 4. The molecule has 4 N–H and O–H groups in total. The molecular weight excluding hydrogens is 468 g/mol. The van der Waals surface area contributed by atoms with Gasteiger partial charge in [-0.1, -0.05) is 18.2 Å². The molecule has 0 spiro atoms. The molecule has 8 nitrogen and oxygen atoms in total. The standard InChI is InChI=1S/C28H38N4O2.CH2O2/c1-4-32(22-15-13-21(29)14-16-22)26-12-8-11-24-23(26)10-7-5-6-9-20-17-19(2)31-28(34-3)25(20)18-30-27(24)33;2-1-3/h5,7-8,11-12,17,21-22H,4,6,9-10,13-16,18,29H2,1-3H3,(H,30,33);1H,(H,2,3). The number of carboxylic acid groups (broad SMARTS) is 1. The first-order chi connectivity index (χ1) is 17.9. The summed E-state index contributed by atoms with van der Waals surface area (Å²) < 4.78 is 5.57. The van der Waals surface area contributed by atoms with Crippen molar-refractivity contribution >= 4 is 18.1 Å². The Morgan fingerprint density at radius 2 is 1.95 bits per heavy atom. The second-order valence-electron chi connectivity index (χ2n) is 9.57. The van der Waals surface area contributed by atoms with Crippen molar-refractivity contribution in [3.8, 4) is 5.88 Å². The van der Waals surface area contributed by atoms with E-state index in [0.29, 0.717) is 24.5 Å². The number of benzene rings is 1. The van der Waals surface area contributed by atoms with Crippen LogP contribution in [0.1, 0.15) is 71.8 Å². The lowest BCUT2D eigenvalue weighted by Crippen LogP contribution is -2.41. The molecule has 200 valence electrons. The molecule has 2 aromatic rings. The summed E-state index contributed by atoms with van der Waals surface area (Å²) in [6, 6.07) is 9.03. The van der Waals surface area contributed by atoms with Crippen LogP contribution in [0.5, 0.6) is 5.88 Å². The first kappa shape index (κ1) is 28.2. The number of amides is 1. The molecule has 2 aliphatic rings. The number of allylic oxidation sites excluding steroid dienone is 2. The lowest BCUT2D eigenvalue weighted by atomic mass is 9.89. The lowest BCUT2D eigenvalue weighted by molar-refractivity contribution is -0.122. The fourth-order valence-electron chi connectivity index (χ4n) is 5.45. The Kier molecular flexibility index (Phi) is 10.5. The number of hydrogen-bond acceptors (Lipinski definition) is 6. The molecule has 0 atom stereocenters. The Morgan fingerprint density at radius 3 is 2.62 bits per heavy atom. The Bertz CT molecular complexity index is 1090. The first-order valence-electron chi connectivity index (χ1n) is 13.1. The van der Waals surface area contributed by atoms with Gasteiger partial charge >= 0.3 is 0 Å². The van der Waals surface area contributed by atoms with Gasteiger partial charge < -0.3 is 25.8 Å². The van der Waals surface area contributed by atoms with Crippen molar-refractivity contribution in [3.63, 3.8) is 0 Å². The van der Waals surface area contributed by atoms with Gasteiger partial charge in [0.2, 0.25) is 5.88 Å². The normalized spacial score (nSPS) is 19.5. The Labute approximate surface area is 219 Å². The van der Waals surface area contributed by atoms with Gasteiger partial charge in [-0.25, -0.2) is 4.98 Å². The molecule has 8 heteroatoms. The van der Waals surface area contributed by atoms with Crippen LogP contribution in [-0.2, 0) is 24.2 Å². The Hall–Kier alpha value is -3.39. The number of nitrogens with two attached hydrogens (primary N) is 1. The van der Waals surface area contributed by atoms with Crippen molar-refractivity contribution in [1.82, 2.24) is 10.3 Å². The van der Waals surface area contributed by atoms with Crippen LogP contribution in [0.2, 0.25) is 0 Å². The Morgan fingerprint density at radius 1 is 1.22 bits per heavy atom. The molecule has 1 amide bonds. The van der Waals surface area contributed by atoms with E-state index in [-0.39, 0.29) is 12.4 Å². The predicted octanol–water partition coefficient (Wildman–Crippen LogP) is 4.17. The highest BCUT2D eigenvalue weighted by Crippen LogP contribution is 2.32. The molecule has 1 fully saturated rings. The van der Waals surface area contributed by atoms with Crippen molar-refractivity contribution in [3.05, 3.63) is 64.4 Å². The van der Waals surface area contributed by atoms with Crippen molar-refractivity contribution in [2.24, 2.45) is 5.73 Å². The van der Waals surface area contributed by atoms with Crippen LogP contribution < -0.4 is 20.7 Å². The van der Waals surface area contributed by atoms with E-state index in [0.717, 1.165) is 73.9 Å². The van der Waals surface area contributed by atoms with Crippen LogP contribution in [0.3, 0.4) is 0 Å². The summed E-state index contributed by atoms with van der Waals surface area (Å²) in [7, 11) is 1.64. The van der Waals surface area contributed by atoms with E-state index >= 15 is 0 Å². The van der Waals surface area contributed by atoms with Crippen LogP contribution in [0.25, 0.3) is 0 Å². The summed E-state index contributed by atoms with van der Waals surface area (Å²) in [4.78, 5) is 28.8. The van der Waals surface area contributed by atoms with Gasteiger partial charge in [0.25, 0.3) is 12.4 Å². The second kappa shape index (κ2) is 13.8. The number of nitrogens with one attached hydrogen (secondary N) is 1. The van der Waals surface area contributed by atoms with Crippen LogP contribution in [0, 0.1) is 6.92 Å². The van der Waals surface area contributed by atoms with Crippen molar-refractivity contribution in [1.29, 1.82) is 0 Å². The predicted molar refractivity (Wildman–Crippen MR) is 146 cm³/mol. The highest BCUT2D eigenvalue weighted by Gasteiger charge is 2.26. The van der Waals surface area contributed by atoms with Crippen molar-refractivity contribution in [2.45, 2.75) is 77.4 Å². The van der Waals surface area contributed by atoms with Gasteiger partial charge in [0, 0.05) is 47.7 Å². The highest BCUT2D eigenvalue weighted by atomic mass is 16.5. The number of methoxy groups -OCH3 is 1. The summed E-state index contributed by atoms with van der Waals surface area (Å²) in [5.74, 6) is 0.541. The average Bonchev–Trinajstić information content (AvgIpc) is 2.89. The van der Waals surface area contributed by atoms with Crippen LogP contribution in [-0.4, -0.2) is 48.2 Å². The molecule has 1 aliphatic carbocycles. The number of anilines is 1. The van der Waals surface area contributed by atoms with E-state index in [9.17, 15) is 4.79 Å². The fourth-order valence-corrected chi connectivity index (χ4v) is 5.45. The van der Waals surface area contributed by atoms with E-state index < -0.39 is 0 Å². The van der Waals surface area contributed by atoms with E-state index in [1.807, 2.05) is 19.1 Å². The summed E-state index contributed by atoms with van der Waals surface area (Å²) >= 11 is 0. The molecule has 1 aromatic heterocycles. The maximum atomic E-state index is 13.4. The number of aryl methyl sites for hydroxylation is 2. The third-order valence-corrected chi connectivity index (χ3v) is 7.22. The zero-order valence-electron chi connectivity index (χ0n) is 22.2. The summed E-state index contributed by atoms with van der Waals surface area (Å²) in [6.07, 6.45) is 11.3. The molecule has 37 heavy (non-hydrogen) atoms. The van der Waals surface area contributed by atoms with Crippen LogP contribution in [0.15, 0.2) is 36.4 Å². The van der Waals surface area contributed by atoms with E-state index in [2.05, 4.69) is 46.4 Å². The minimum Gasteiger partial charge on any atom is -0.483 e. The molecule has 0 saturated heterocycles. The minimum absolute atomic E-state index is 0.0545. The highest BCUT2D eigenvalue weighted by molar-refractivity contribution is 5.97. The topological polar surface area (TPSA) is 118 Å². The zero-order valence-corrected chi connectivity index (χ0v) is 22.2. The van der Waals surface area contributed by atoms with Gasteiger partial charge in [0.1, 0.15) is 0 Å². The third kappa shape index (κ3) is 7.10. The van der Waals surface area contributed by atoms with E-state index in [1.165, 1.54) is 11.3 Å². The number of pyridine rings is 1. The Balaban J connectivity index is 0.00000121. The monoisotopic (exact) mass is 508 g/mol. The molecule has 0 unspecified atom stereocenters. The van der Waals surface area contributed by atoms with Gasteiger partial charge in [-0.05, 0) is 88.1 Å². The third-order valence-electron chi connectivity index (χ3n) is 7.22. The van der Waals surface area contributed by atoms with Crippen molar-refractivity contribution < 1.29 is 19.4 Å². The number of carbonyl (C=O) groups is 2. The molecule has 2 heterocycles. The smallest absolute Gasteiger partial charge is 0.290 e. The van der Waals surface area contributed by atoms with Gasteiger partial charge in [0.15, 0.2) is 0 Å². The summed E-state index contributed by atoms with van der Waals surface area (Å²) in [5.41, 5.74) is 12.3. The van der Waals surface area contributed by atoms with Gasteiger partial charge in [-0.15, -0.1) is 0 Å². The maximum Gasteiger partial charge on any atom is 0.290 e. The number of nitrogens with zero attached hydrogens (tertiary/aromatic N) is 2. The molecule has 4 rings (SSSR count). The number of hydrogen-bond donors (Lipinski definition) is 3. The van der Waals surface area contributed by atoms with Crippen LogP contribution >= 0.6 is 0 Å². The lowest BCUT2D eigenvalue weighted by Gasteiger charge is -2.38. The van der Waals surface area contributed by atoms with Gasteiger partial charge in [-0.2, -0.15) is 0 Å². The number of carbonyl (C=O) groups excluding carboxylic acids is 1. The zero-order chi connectivity index (χ0) is 26.8. The molecular formula is C29H40N4O4. The SMILES string of the molecule is CCN(c1cccc2c1CC=CCCc1cc(C)nc(OC)c1CNC2=O)C1CCC(N)CC1.O=CO. The summed E-state index contributed by atoms with van der Waals surface area (Å²) in [5, 5.41) is 10.0. The molecule has 1 saturated carbocycles. The summed E-state index contributed by atoms with van der Waals surface area (Å²) in [6.45, 7) is 5.25. The average molecular weight is 509 g/mol. The van der Waals surface area contributed by atoms with E-state index in [4.69, 9.17) is 20.4 Å². The second-order valence-corrected chi connectivity index (χ2v) is 9.57. The first-order valence-corrected chi connectivity index (χ1v) is 13.1. The van der Waals surface area contributed by atoms with Gasteiger partial charge in [-0.3, -0.25) is 9.59 Å². The molecule has 0 radical (unpaired) electrons. The molecule has 0 bridgehead atoms.